The first-order chi connectivity index (χ1) is 12.4. The van der Waals surface area contributed by atoms with E-state index in [9.17, 15) is 18.8 Å². The van der Waals surface area contributed by atoms with Crippen molar-refractivity contribution in [2.45, 2.75) is 45.1 Å². The van der Waals surface area contributed by atoms with Gasteiger partial charge >= 0.3 is 12.0 Å². The van der Waals surface area contributed by atoms with Crippen LogP contribution in [-0.2, 0) is 4.79 Å². The van der Waals surface area contributed by atoms with Crippen LogP contribution in [-0.4, -0.2) is 47.1 Å². The molecule has 9 heteroatoms. The smallest absolute Gasteiger partial charge is 0.326 e. The summed E-state index contributed by atoms with van der Waals surface area (Å²) in [6.45, 7) is 2.72. The molecule has 0 spiro atoms. The van der Waals surface area contributed by atoms with Gasteiger partial charge in [0.1, 0.15) is 6.04 Å². The monoisotopic (exact) mass is 367 g/mol. The van der Waals surface area contributed by atoms with Gasteiger partial charge in [0.2, 0.25) is 5.95 Å². The molecule has 0 radical (unpaired) electrons. The molecule has 0 saturated carbocycles. The number of pyridine rings is 1. The molecule has 1 rings (SSSR count). The molecule has 8 nitrogen and oxygen atoms in total. The number of carboxylic acid groups (broad SMARTS) is 1. The van der Waals surface area contributed by atoms with Gasteiger partial charge in [-0.3, -0.25) is 4.79 Å². The van der Waals surface area contributed by atoms with Crippen LogP contribution in [0.4, 0.5) is 9.18 Å². The van der Waals surface area contributed by atoms with Crippen LogP contribution in [0.5, 0.6) is 0 Å². The second-order valence-corrected chi connectivity index (χ2v) is 5.77. The van der Waals surface area contributed by atoms with E-state index in [1.165, 1.54) is 12.3 Å². The van der Waals surface area contributed by atoms with E-state index in [2.05, 4.69) is 20.9 Å². The number of rotatable bonds is 11. The van der Waals surface area contributed by atoms with Crippen molar-refractivity contribution < 1.29 is 23.9 Å². The number of carbonyl (C=O) groups excluding carboxylic acids is 2. The summed E-state index contributed by atoms with van der Waals surface area (Å²) in [4.78, 5) is 37.7. The van der Waals surface area contributed by atoms with Gasteiger partial charge in [0.15, 0.2) is 0 Å². The van der Waals surface area contributed by atoms with Gasteiger partial charge < -0.3 is 21.1 Å². The zero-order chi connectivity index (χ0) is 19.4. The second kappa shape index (κ2) is 11.8. The fourth-order valence-electron chi connectivity index (χ4n) is 2.20. The molecule has 144 valence electrons. The van der Waals surface area contributed by atoms with Crippen LogP contribution in [0, 0.1) is 5.95 Å². The molecular formula is C17H25FN4O4. The van der Waals surface area contributed by atoms with Crippen molar-refractivity contribution in [3.63, 3.8) is 0 Å². The largest absolute Gasteiger partial charge is 0.480 e. The molecule has 0 bridgehead atoms. The Kier molecular flexibility index (Phi) is 9.66. The van der Waals surface area contributed by atoms with E-state index in [-0.39, 0.29) is 5.91 Å². The van der Waals surface area contributed by atoms with E-state index in [0.29, 0.717) is 37.9 Å². The second-order valence-electron chi connectivity index (χ2n) is 5.77. The van der Waals surface area contributed by atoms with Gasteiger partial charge in [-0.2, -0.15) is 4.39 Å². The molecule has 1 aromatic rings. The third-order valence-electron chi connectivity index (χ3n) is 3.60. The fourth-order valence-corrected chi connectivity index (χ4v) is 2.20. The summed E-state index contributed by atoms with van der Waals surface area (Å²) in [5.74, 6) is -2.00. The molecule has 1 atom stereocenters. The van der Waals surface area contributed by atoms with Crippen molar-refractivity contribution in [1.82, 2.24) is 20.9 Å². The van der Waals surface area contributed by atoms with Crippen LogP contribution in [0.25, 0.3) is 0 Å². The summed E-state index contributed by atoms with van der Waals surface area (Å²) < 4.78 is 12.7. The van der Waals surface area contributed by atoms with E-state index in [4.69, 9.17) is 5.11 Å². The molecule has 0 aliphatic rings. The van der Waals surface area contributed by atoms with Crippen LogP contribution in [0.15, 0.2) is 18.3 Å². The standard InChI is InChI=1S/C17H25FN4O4/c1-2-6-13(16(24)25)22-17(26)20-10-5-3-4-9-19-15(23)12-7-8-14(18)21-11-12/h7-8,11,13H,2-6,9-10H2,1H3,(H,19,23)(H,24,25)(H2,20,22,26)/i18-1. The maximum atomic E-state index is 12.7. The van der Waals surface area contributed by atoms with Crippen LogP contribution < -0.4 is 16.0 Å². The number of nitrogens with one attached hydrogen (secondary N) is 3. The number of aliphatic carboxylic acids is 1. The quantitative estimate of drug-likeness (QED) is 0.350. The van der Waals surface area contributed by atoms with Gasteiger partial charge in [-0.25, -0.2) is 14.6 Å². The molecule has 0 aromatic carbocycles. The minimum Gasteiger partial charge on any atom is -0.480 e. The predicted molar refractivity (Wildman–Crippen MR) is 93.2 cm³/mol. The first kappa shape index (κ1) is 21.3. The highest BCUT2D eigenvalue weighted by Gasteiger charge is 2.18. The lowest BCUT2D eigenvalue weighted by Crippen LogP contribution is -2.46. The molecule has 3 amide bonds. The van der Waals surface area contributed by atoms with Crippen molar-refractivity contribution in [2.24, 2.45) is 0 Å². The fraction of sp³-hybridized carbons (Fsp3) is 0.529. The minimum absolute atomic E-state index is 0.296. The number of carboxylic acids is 1. The van der Waals surface area contributed by atoms with Crippen molar-refractivity contribution in [2.75, 3.05) is 13.1 Å². The predicted octanol–water partition coefficient (Wildman–Crippen LogP) is 1.67. The van der Waals surface area contributed by atoms with Crippen LogP contribution in [0.2, 0.25) is 0 Å². The number of halogens is 1. The molecular weight excluding hydrogens is 342 g/mol. The lowest BCUT2D eigenvalue weighted by atomic mass is 10.2. The third kappa shape index (κ3) is 8.41. The van der Waals surface area contributed by atoms with Crippen molar-refractivity contribution >= 4 is 17.9 Å². The van der Waals surface area contributed by atoms with E-state index in [1.54, 1.807) is 0 Å². The van der Waals surface area contributed by atoms with Gasteiger partial charge in [-0.1, -0.05) is 13.3 Å². The number of hydrogen-bond acceptors (Lipinski definition) is 4. The van der Waals surface area contributed by atoms with Crippen molar-refractivity contribution in [1.29, 1.82) is 0 Å². The normalized spacial score (nSPS) is 11.5. The van der Waals surface area contributed by atoms with Crippen LogP contribution in [0.3, 0.4) is 0 Å². The summed E-state index contributed by atoms with van der Waals surface area (Å²) in [6.07, 6.45) is 4.42. The maximum Gasteiger partial charge on any atom is 0.326 e. The Morgan fingerprint density at radius 3 is 2.42 bits per heavy atom. The average Bonchev–Trinajstić information content (AvgIpc) is 2.60. The summed E-state index contributed by atoms with van der Waals surface area (Å²) in [6, 6.07) is 1.11. The summed E-state index contributed by atoms with van der Waals surface area (Å²) in [5, 5.41) is 16.7. The number of hydrogen-bond donors (Lipinski definition) is 4. The molecule has 0 aliphatic carbocycles. The summed E-state index contributed by atoms with van der Waals surface area (Å²) in [5.41, 5.74) is 0.296. The number of carbonyl (C=O) groups is 3. The van der Waals surface area contributed by atoms with E-state index in [0.717, 1.165) is 18.9 Å². The molecule has 0 fully saturated rings. The highest BCUT2D eigenvalue weighted by Crippen LogP contribution is 2.00. The lowest BCUT2D eigenvalue weighted by Gasteiger charge is -2.14. The molecule has 26 heavy (non-hydrogen) atoms. The SMILES string of the molecule is CCCC(NC(=O)NCCCCCNC(=O)c1ccc([18F])nc1)C(=O)O. The molecule has 1 aromatic heterocycles. The molecule has 0 saturated heterocycles. The Hall–Kier alpha value is -2.71. The van der Waals surface area contributed by atoms with Gasteiger partial charge in [0, 0.05) is 19.3 Å². The number of aromatic nitrogens is 1. The Balaban J connectivity index is 2.10. The average molecular weight is 367 g/mol. The van der Waals surface area contributed by atoms with Gasteiger partial charge in [-0.05, 0) is 37.8 Å². The molecule has 4 N–H and O–H groups in total. The van der Waals surface area contributed by atoms with Crippen molar-refractivity contribution in [3.05, 3.63) is 29.8 Å². The Morgan fingerprint density at radius 1 is 1.15 bits per heavy atom. The zero-order valence-electron chi connectivity index (χ0n) is 14.8. The lowest BCUT2D eigenvalue weighted by molar-refractivity contribution is -0.139. The van der Waals surface area contributed by atoms with Gasteiger partial charge in [0.05, 0.1) is 5.56 Å². The number of nitrogens with zero attached hydrogens (tertiary/aromatic N) is 1. The number of amides is 3. The first-order valence-electron chi connectivity index (χ1n) is 8.61. The van der Waals surface area contributed by atoms with Gasteiger partial charge in [-0.15, -0.1) is 0 Å². The summed E-state index contributed by atoms with van der Waals surface area (Å²) >= 11 is 0. The molecule has 1 heterocycles. The maximum absolute atomic E-state index is 12.7. The highest BCUT2D eigenvalue weighted by atomic mass is 18.2. The Bertz CT molecular complexity index is 595. The molecule has 1 unspecified atom stereocenters. The van der Waals surface area contributed by atoms with E-state index >= 15 is 0 Å². The van der Waals surface area contributed by atoms with Crippen LogP contribution >= 0.6 is 0 Å². The van der Waals surface area contributed by atoms with E-state index < -0.39 is 24.0 Å². The van der Waals surface area contributed by atoms with Crippen molar-refractivity contribution in [3.8, 4) is 0 Å². The first-order valence-corrected chi connectivity index (χ1v) is 8.61. The number of unbranched alkanes of at least 4 members (excludes halogenated alkanes) is 2. The minimum atomic E-state index is -1.05. The molecule has 0 aliphatic heterocycles. The topological polar surface area (TPSA) is 120 Å². The highest BCUT2D eigenvalue weighted by molar-refractivity contribution is 5.93. The van der Waals surface area contributed by atoms with Gasteiger partial charge in [0.25, 0.3) is 5.91 Å². The Labute approximate surface area is 151 Å². The van der Waals surface area contributed by atoms with Crippen LogP contribution in [0.1, 0.15) is 49.4 Å². The zero-order valence-corrected chi connectivity index (χ0v) is 14.8. The third-order valence-corrected chi connectivity index (χ3v) is 3.60. The Morgan fingerprint density at radius 2 is 1.85 bits per heavy atom. The summed E-state index contributed by atoms with van der Waals surface area (Å²) in [7, 11) is 0. The van der Waals surface area contributed by atoms with E-state index in [1.807, 2.05) is 6.92 Å². The number of urea groups is 1.